The Balaban J connectivity index is 1.43. The van der Waals surface area contributed by atoms with Crippen molar-refractivity contribution in [3.63, 3.8) is 0 Å². The van der Waals surface area contributed by atoms with Gasteiger partial charge in [0, 0.05) is 26.4 Å². The fraction of sp³-hybridized carbons (Fsp3) is 0.467. The summed E-state index contributed by atoms with van der Waals surface area (Å²) in [6, 6.07) is 11.3. The van der Waals surface area contributed by atoms with Crippen LogP contribution in [0.25, 0.3) is 11.1 Å². The lowest BCUT2D eigenvalue weighted by Crippen LogP contribution is -2.24. The first kappa shape index (κ1) is 31.3. The molecule has 42 heavy (non-hydrogen) atoms. The quantitative estimate of drug-likeness (QED) is 0.0743. The van der Waals surface area contributed by atoms with E-state index in [2.05, 4.69) is 26.9 Å². The lowest BCUT2D eigenvalue weighted by atomic mass is 9.96. The Hall–Kier alpha value is -3.61. The molecule has 0 N–H and O–H groups in total. The fourth-order valence-electron chi connectivity index (χ4n) is 4.93. The van der Waals surface area contributed by atoms with Gasteiger partial charge in [-0.3, -0.25) is 9.89 Å². The third-order valence-corrected chi connectivity index (χ3v) is 7.07. The van der Waals surface area contributed by atoms with Gasteiger partial charge in [-0.15, -0.1) is 4.91 Å². The van der Waals surface area contributed by atoms with E-state index in [0.29, 0.717) is 36.9 Å². The monoisotopic (exact) mass is 586 g/mol. The van der Waals surface area contributed by atoms with Crippen molar-refractivity contribution in [1.82, 2.24) is 15.0 Å². The number of nitroso groups, excluding NO2 is 1. The van der Waals surface area contributed by atoms with Crippen LogP contribution in [0.5, 0.6) is 0 Å². The highest BCUT2D eigenvalue weighted by atomic mass is 19.4. The van der Waals surface area contributed by atoms with Gasteiger partial charge in [0.2, 0.25) is 0 Å². The molecular formula is C30H37F3N6O3. The van der Waals surface area contributed by atoms with E-state index in [0.717, 1.165) is 49.2 Å². The predicted molar refractivity (Wildman–Crippen MR) is 156 cm³/mol. The number of benzene rings is 2. The van der Waals surface area contributed by atoms with Gasteiger partial charge < -0.3 is 9.47 Å². The normalized spacial score (nSPS) is 17.3. The van der Waals surface area contributed by atoms with Crippen LogP contribution in [0.15, 0.2) is 69.6 Å². The number of hydrogen-bond donors (Lipinski definition) is 0. The van der Waals surface area contributed by atoms with Crippen LogP contribution >= 0.6 is 0 Å². The van der Waals surface area contributed by atoms with Gasteiger partial charge >= 0.3 is 6.18 Å². The smallest absolute Gasteiger partial charge is 0.382 e. The second kappa shape index (κ2) is 15.0. The van der Waals surface area contributed by atoms with Crippen LogP contribution in [-0.4, -0.2) is 67.2 Å². The van der Waals surface area contributed by atoms with Crippen molar-refractivity contribution in [2.75, 3.05) is 39.6 Å². The molecule has 0 aliphatic carbocycles. The molecule has 4 rings (SSSR count). The first-order valence-corrected chi connectivity index (χ1v) is 14.1. The van der Waals surface area contributed by atoms with Gasteiger partial charge in [0.05, 0.1) is 23.6 Å². The van der Waals surface area contributed by atoms with Crippen molar-refractivity contribution < 1.29 is 22.6 Å². The maximum absolute atomic E-state index is 14.2. The van der Waals surface area contributed by atoms with Gasteiger partial charge in [-0.25, -0.2) is 10.0 Å². The zero-order valence-corrected chi connectivity index (χ0v) is 23.9. The van der Waals surface area contributed by atoms with Gasteiger partial charge in [0.1, 0.15) is 12.4 Å². The number of likely N-dealkylation sites (tertiary alicyclic amines) is 1. The molecule has 2 fully saturated rings. The number of ether oxygens (including phenoxy) is 2. The molecule has 0 spiro atoms. The minimum Gasteiger partial charge on any atom is -0.382 e. The molecule has 2 heterocycles. The number of nitrogens with zero attached hydrogens (tertiary/aromatic N) is 6. The Morgan fingerprint density at radius 2 is 1.71 bits per heavy atom. The largest absolute Gasteiger partial charge is 0.417 e. The number of hydrazine groups is 1. The molecule has 0 atom stereocenters. The van der Waals surface area contributed by atoms with Crippen LogP contribution in [0.4, 0.5) is 13.2 Å². The van der Waals surface area contributed by atoms with E-state index in [1.807, 2.05) is 19.1 Å². The summed E-state index contributed by atoms with van der Waals surface area (Å²) in [4.78, 5) is 22.1. The van der Waals surface area contributed by atoms with E-state index < -0.39 is 11.7 Å². The predicted octanol–water partition coefficient (Wildman–Crippen LogP) is 6.41. The average Bonchev–Trinajstić information content (AvgIpc) is 3.38. The summed E-state index contributed by atoms with van der Waals surface area (Å²) in [5.74, 6) is 0.387. The number of rotatable bonds is 16. The fourth-order valence-corrected chi connectivity index (χ4v) is 4.93. The van der Waals surface area contributed by atoms with Crippen LogP contribution in [-0.2, 0) is 28.7 Å². The molecule has 2 saturated heterocycles. The summed E-state index contributed by atoms with van der Waals surface area (Å²) in [6.45, 7) is 9.93. The number of amidine groups is 1. The summed E-state index contributed by atoms with van der Waals surface area (Å²) >= 11 is 0. The third-order valence-electron chi connectivity index (χ3n) is 7.07. The molecule has 0 radical (unpaired) electrons. The SMILES string of the molecule is C=N/C=C1\C(=N/COCCCCOCC)N1N(Cc1ccc(-c2ccc(CN3CCCC3)cc2)c(C(F)(F)F)c1)N=O. The highest BCUT2D eigenvalue weighted by molar-refractivity contribution is 6.13. The van der Waals surface area contributed by atoms with E-state index in [4.69, 9.17) is 9.47 Å². The molecule has 226 valence electrons. The number of hydrogen-bond acceptors (Lipinski definition) is 7. The molecule has 12 heteroatoms. The molecule has 2 aromatic carbocycles. The number of unbranched alkanes of at least 4 members (excludes halogenated alkanes) is 1. The summed E-state index contributed by atoms with van der Waals surface area (Å²) in [5.41, 5.74) is 1.57. The van der Waals surface area contributed by atoms with Crippen molar-refractivity contribution >= 4 is 12.6 Å². The lowest BCUT2D eigenvalue weighted by Gasteiger charge is -2.19. The van der Waals surface area contributed by atoms with E-state index in [9.17, 15) is 18.1 Å². The molecule has 0 unspecified atom stereocenters. The van der Waals surface area contributed by atoms with Crippen LogP contribution in [0.1, 0.15) is 49.3 Å². The standard InChI is InChI=1S/C30H37F3N6O3/c1-3-41-16-6-7-17-42-22-35-29-28(19-34-2)39(29)38(36-40)21-24-10-13-26(27(18-24)30(31,32)33)25-11-8-23(9-12-25)20-37-14-4-5-15-37/h8-13,18-19H,2-7,14-17,20-22H2,1H3/b28-19+,35-29+. The Bertz CT molecular complexity index is 1260. The minimum atomic E-state index is -4.59. The van der Waals surface area contributed by atoms with Crippen LogP contribution < -0.4 is 0 Å². The first-order chi connectivity index (χ1) is 20.4. The molecular weight excluding hydrogens is 549 g/mol. The maximum Gasteiger partial charge on any atom is 0.417 e. The maximum atomic E-state index is 14.2. The Morgan fingerprint density at radius 3 is 2.36 bits per heavy atom. The van der Waals surface area contributed by atoms with E-state index >= 15 is 0 Å². The molecule has 9 nitrogen and oxygen atoms in total. The molecule has 2 aliphatic rings. The molecule has 0 aromatic heterocycles. The summed E-state index contributed by atoms with van der Waals surface area (Å²) in [7, 11) is 0. The van der Waals surface area contributed by atoms with Gasteiger partial charge in [0.25, 0.3) is 0 Å². The number of halogens is 3. The minimum absolute atomic E-state index is 0.0470. The second-order valence-corrected chi connectivity index (χ2v) is 10.1. The van der Waals surface area contributed by atoms with Crippen LogP contribution in [0.3, 0.4) is 0 Å². The van der Waals surface area contributed by atoms with E-state index in [1.54, 1.807) is 18.2 Å². The number of alkyl halides is 3. The van der Waals surface area contributed by atoms with Gasteiger partial charge in [0.15, 0.2) is 5.84 Å². The van der Waals surface area contributed by atoms with E-state index in [-0.39, 0.29) is 24.4 Å². The Labute approximate surface area is 244 Å². The highest BCUT2D eigenvalue weighted by Crippen LogP contribution is 2.39. The highest BCUT2D eigenvalue weighted by Gasteiger charge is 2.43. The lowest BCUT2D eigenvalue weighted by molar-refractivity contribution is -0.137. The van der Waals surface area contributed by atoms with Crippen molar-refractivity contribution in [1.29, 1.82) is 0 Å². The molecule has 2 aliphatic heterocycles. The summed E-state index contributed by atoms with van der Waals surface area (Å²) < 4.78 is 53.4. The average molecular weight is 587 g/mol. The second-order valence-electron chi connectivity index (χ2n) is 10.1. The van der Waals surface area contributed by atoms with Crippen molar-refractivity contribution in [2.24, 2.45) is 15.3 Å². The first-order valence-electron chi connectivity index (χ1n) is 14.1. The summed E-state index contributed by atoms with van der Waals surface area (Å²) in [6.07, 6.45) is 0.839. The van der Waals surface area contributed by atoms with Gasteiger partial charge in [-0.2, -0.15) is 18.3 Å². The molecule has 2 aromatic rings. The summed E-state index contributed by atoms with van der Waals surface area (Å²) in [5, 5.41) is 5.40. The Kier molecular flexibility index (Phi) is 11.2. The van der Waals surface area contributed by atoms with Crippen molar-refractivity contribution in [3.05, 3.63) is 76.0 Å². The van der Waals surface area contributed by atoms with E-state index in [1.165, 1.54) is 30.1 Å². The topological polar surface area (TPSA) is 82.1 Å². The molecule has 0 amide bonds. The van der Waals surface area contributed by atoms with Crippen molar-refractivity contribution in [2.45, 2.75) is 51.9 Å². The van der Waals surface area contributed by atoms with Crippen LogP contribution in [0, 0.1) is 4.91 Å². The number of aliphatic imine (C=N–C) groups is 2. The molecule has 0 bridgehead atoms. The zero-order chi connectivity index (χ0) is 30.0. The van der Waals surface area contributed by atoms with Gasteiger partial charge in [-0.1, -0.05) is 36.4 Å². The zero-order valence-electron chi connectivity index (χ0n) is 23.9. The van der Waals surface area contributed by atoms with Crippen LogP contribution in [0.2, 0.25) is 0 Å². The van der Waals surface area contributed by atoms with Gasteiger partial charge in [-0.05, 0) is 80.7 Å². The van der Waals surface area contributed by atoms with Crippen molar-refractivity contribution in [3.8, 4) is 11.1 Å². The Morgan fingerprint density at radius 1 is 1.02 bits per heavy atom. The third kappa shape index (κ3) is 8.46. The molecule has 0 saturated carbocycles.